The van der Waals surface area contributed by atoms with E-state index >= 15 is 0 Å². The van der Waals surface area contributed by atoms with Crippen molar-refractivity contribution in [2.45, 2.75) is 20.4 Å². The second kappa shape index (κ2) is 6.38. The van der Waals surface area contributed by atoms with Gasteiger partial charge in [-0.1, -0.05) is 6.07 Å². The lowest BCUT2D eigenvalue weighted by Gasteiger charge is -2.16. The molecule has 0 atom stereocenters. The SMILES string of the molecule is Cc1cc(C)n(-c2ccc(C(=O)N(C)Cc3cccs3)cc2)n1. The van der Waals surface area contributed by atoms with E-state index in [-0.39, 0.29) is 5.91 Å². The Balaban J connectivity index is 1.76. The molecule has 0 unspecified atom stereocenters. The van der Waals surface area contributed by atoms with Crippen molar-refractivity contribution in [1.82, 2.24) is 14.7 Å². The van der Waals surface area contributed by atoms with Crippen molar-refractivity contribution >= 4 is 17.2 Å². The van der Waals surface area contributed by atoms with Crippen LogP contribution in [0.25, 0.3) is 5.69 Å². The monoisotopic (exact) mass is 325 g/mol. The second-order valence-electron chi connectivity index (χ2n) is 5.63. The summed E-state index contributed by atoms with van der Waals surface area (Å²) in [4.78, 5) is 15.4. The van der Waals surface area contributed by atoms with Crippen LogP contribution in [-0.4, -0.2) is 27.6 Å². The quantitative estimate of drug-likeness (QED) is 0.731. The topological polar surface area (TPSA) is 38.1 Å². The number of hydrogen-bond donors (Lipinski definition) is 0. The Morgan fingerprint density at radius 3 is 2.52 bits per heavy atom. The summed E-state index contributed by atoms with van der Waals surface area (Å²) in [6, 6.07) is 13.7. The molecule has 0 N–H and O–H groups in total. The molecule has 2 heterocycles. The van der Waals surface area contributed by atoms with E-state index in [1.165, 1.54) is 4.88 Å². The summed E-state index contributed by atoms with van der Waals surface area (Å²) in [5.74, 6) is 0.0262. The summed E-state index contributed by atoms with van der Waals surface area (Å²) in [6.45, 7) is 4.63. The van der Waals surface area contributed by atoms with Gasteiger partial charge in [0.2, 0.25) is 0 Å². The van der Waals surface area contributed by atoms with Crippen molar-refractivity contribution in [3.8, 4) is 5.69 Å². The van der Waals surface area contributed by atoms with E-state index in [1.54, 1.807) is 16.2 Å². The van der Waals surface area contributed by atoms with Gasteiger partial charge in [0.15, 0.2) is 0 Å². The maximum atomic E-state index is 12.5. The fourth-order valence-electron chi connectivity index (χ4n) is 2.56. The van der Waals surface area contributed by atoms with E-state index in [0.29, 0.717) is 12.1 Å². The Morgan fingerprint density at radius 2 is 1.96 bits per heavy atom. The van der Waals surface area contributed by atoms with E-state index in [4.69, 9.17) is 0 Å². The first-order chi connectivity index (χ1) is 11.0. The van der Waals surface area contributed by atoms with Crippen molar-refractivity contribution in [3.63, 3.8) is 0 Å². The average molecular weight is 325 g/mol. The standard InChI is InChI=1S/C18H19N3OS/c1-13-11-14(2)21(19-13)16-8-6-15(7-9-16)18(22)20(3)12-17-5-4-10-23-17/h4-11H,12H2,1-3H3. The first kappa shape index (κ1) is 15.5. The lowest BCUT2D eigenvalue weighted by Crippen LogP contribution is -2.25. The summed E-state index contributed by atoms with van der Waals surface area (Å²) in [7, 11) is 1.83. The molecular formula is C18H19N3OS. The van der Waals surface area contributed by atoms with Crippen LogP contribution >= 0.6 is 11.3 Å². The third-order valence-corrected chi connectivity index (χ3v) is 4.55. The Kier molecular flexibility index (Phi) is 4.30. The Hall–Kier alpha value is -2.40. The van der Waals surface area contributed by atoms with Gasteiger partial charge in [-0.2, -0.15) is 5.10 Å². The van der Waals surface area contributed by atoms with Crippen molar-refractivity contribution < 1.29 is 4.79 Å². The highest BCUT2D eigenvalue weighted by atomic mass is 32.1. The highest BCUT2D eigenvalue weighted by Crippen LogP contribution is 2.16. The molecule has 5 heteroatoms. The number of rotatable bonds is 4. The third-order valence-electron chi connectivity index (χ3n) is 3.69. The molecule has 118 valence electrons. The molecule has 23 heavy (non-hydrogen) atoms. The van der Waals surface area contributed by atoms with Crippen molar-refractivity contribution in [3.05, 3.63) is 69.7 Å². The van der Waals surface area contributed by atoms with Gasteiger partial charge in [0, 0.05) is 23.2 Å². The molecule has 0 aliphatic heterocycles. The molecule has 2 aromatic heterocycles. The lowest BCUT2D eigenvalue weighted by molar-refractivity contribution is 0.0786. The van der Waals surface area contributed by atoms with E-state index in [0.717, 1.165) is 17.1 Å². The highest BCUT2D eigenvalue weighted by molar-refractivity contribution is 7.09. The van der Waals surface area contributed by atoms with Gasteiger partial charge in [0.25, 0.3) is 5.91 Å². The Morgan fingerprint density at radius 1 is 1.22 bits per heavy atom. The zero-order valence-corrected chi connectivity index (χ0v) is 14.3. The van der Waals surface area contributed by atoms with Gasteiger partial charge in [-0.25, -0.2) is 4.68 Å². The van der Waals surface area contributed by atoms with Gasteiger partial charge in [-0.15, -0.1) is 11.3 Å². The molecule has 0 bridgehead atoms. The van der Waals surface area contributed by atoms with Crippen LogP contribution in [0, 0.1) is 13.8 Å². The maximum Gasteiger partial charge on any atom is 0.253 e. The van der Waals surface area contributed by atoms with Crippen LogP contribution in [0.4, 0.5) is 0 Å². The molecule has 0 fully saturated rings. The molecule has 1 amide bonds. The minimum atomic E-state index is 0.0262. The summed E-state index contributed by atoms with van der Waals surface area (Å²) in [6.07, 6.45) is 0. The molecule has 4 nitrogen and oxygen atoms in total. The predicted octanol–water partition coefficient (Wildman–Crippen LogP) is 3.82. The van der Waals surface area contributed by atoms with E-state index in [2.05, 4.69) is 5.10 Å². The van der Waals surface area contributed by atoms with Gasteiger partial charge >= 0.3 is 0 Å². The first-order valence-electron chi connectivity index (χ1n) is 7.46. The molecule has 3 aromatic rings. The van der Waals surface area contributed by atoms with Crippen LogP contribution < -0.4 is 0 Å². The van der Waals surface area contributed by atoms with Crippen molar-refractivity contribution in [2.75, 3.05) is 7.05 Å². The first-order valence-corrected chi connectivity index (χ1v) is 8.34. The zero-order chi connectivity index (χ0) is 16.4. The molecular weight excluding hydrogens is 306 g/mol. The van der Waals surface area contributed by atoms with Crippen molar-refractivity contribution in [1.29, 1.82) is 0 Å². The Bertz CT molecular complexity index is 803. The number of aryl methyl sites for hydroxylation is 2. The number of benzene rings is 1. The average Bonchev–Trinajstić information content (AvgIpc) is 3.16. The molecule has 3 rings (SSSR count). The van der Waals surface area contributed by atoms with Crippen molar-refractivity contribution in [2.24, 2.45) is 0 Å². The number of carbonyl (C=O) groups excluding carboxylic acids is 1. The molecule has 1 aromatic carbocycles. The van der Waals surface area contributed by atoms with Crippen LogP contribution in [0.3, 0.4) is 0 Å². The summed E-state index contributed by atoms with van der Waals surface area (Å²) >= 11 is 1.66. The molecule has 0 radical (unpaired) electrons. The fourth-order valence-corrected chi connectivity index (χ4v) is 3.32. The maximum absolute atomic E-state index is 12.5. The number of nitrogens with zero attached hydrogens (tertiary/aromatic N) is 3. The van der Waals surface area contributed by atoms with Gasteiger partial charge in [-0.05, 0) is 55.6 Å². The predicted molar refractivity (Wildman–Crippen MR) is 93.2 cm³/mol. The number of aromatic nitrogens is 2. The van der Waals surface area contributed by atoms with E-state index in [1.807, 2.05) is 73.4 Å². The minimum absolute atomic E-state index is 0.0262. The normalized spacial score (nSPS) is 10.7. The van der Waals surface area contributed by atoms with Gasteiger partial charge in [0.05, 0.1) is 17.9 Å². The van der Waals surface area contributed by atoms with E-state index in [9.17, 15) is 4.79 Å². The Labute approximate surface area is 140 Å². The van der Waals surface area contributed by atoms with Gasteiger partial charge in [0.1, 0.15) is 0 Å². The lowest BCUT2D eigenvalue weighted by atomic mass is 10.2. The zero-order valence-electron chi connectivity index (χ0n) is 13.5. The van der Waals surface area contributed by atoms with Crippen LogP contribution in [-0.2, 0) is 6.54 Å². The van der Waals surface area contributed by atoms with E-state index < -0.39 is 0 Å². The molecule has 0 spiro atoms. The number of amides is 1. The third kappa shape index (κ3) is 3.35. The van der Waals surface area contributed by atoms with Crippen LogP contribution in [0.1, 0.15) is 26.6 Å². The smallest absolute Gasteiger partial charge is 0.253 e. The molecule has 0 aliphatic rings. The molecule has 0 saturated carbocycles. The molecule has 0 aliphatic carbocycles. The second-order valence-corrected chi connectivity index (χ2v) is 6.66. The minimum Gasteiger partial charge on any atom is -0.337 e. The van der Waals surface area contributed by atoms with Crippen LogP contribution in [0.2, 0.25) is 0 Å². The van der Waals surface area contributed by atoms with Gasteiger partial charge < -0.3 is 4.90 Å². The molecule has 0 saturated heterocycles. The van der Waals surface area contributed by atoms with Crippen LogP contribution in [0.5, 0.6) is 0 Å². The summed E-state index contributed by atoms with van der Waals surface area (Å²) < 4.78 is 1.89. The fraction of sp³-hybridized carbons (Fsp3) is 0.222. The largest absolute Gasteiger partial charge is 0.337 e. The summed E-state index contributed by atoms with van der Waals surface area (Å²) in [5.41, 5.74) is 3.72. The summed E-state index contributed by atoms with van der Waals surface area (Å²) in [5, 5.41) is 6.49. The number of carbonyl (C=O) groups is 1. The number of hydrogen-bond acceptors (Lipinski definition) is 3. The number of thiophene rings is 1. The van der Waals surface area contributed by atoms with Gasteiger partial charge in [-0.3, -0.25) is 4.79 Å². The van der Waals surface area contributed by atoms with Crippen LogP contribution in [0.15, 0.2) is 47.8 Å². The highest BCUT2D eigenvalue weighted by Gasteiger charge is 2.13.